The van der Waals surface area contributed by atoms with Crippen molar-refractivity contribution in [2.24, 2.45) is 0 Å². The molecule has 90 valence electrons. The molecule has 0 atom stereocenters. The number of halogens is 3. The maximum atomic E-state index is 13.0. The van der Waals surface area contributed by atoms with Crippen molar-refractivity contribution in [3.05, 3.63) is 58.4 Å². The highest BCUT2D eigenvalue weighted by Gasteiger charge is 2.00. The third kappa shape index (κ3) is 3.98. The minimum atomic E-state index is -0.249. The van der Waals surface area contributed by atoms with Crippen LogP contribution in [0.25, 0.3) is 0 Å². The van der Waals surface area contributed by atoms with E-state index < -0.39 is 0 Å². The summed E-state index contributed by atoms with van der Waals surface area (Å²) < 4.78 is 13.5. The van der Waals surface area contributed by atoms with Gasteiger partial charge in [0, 0.05) is 12.7 Å². The number of hydrogen-bond acceptors (Lipinski definition) is 2. The van der Waals surface area contributed by atoms with E-state index >= 15 is 0 Å². The van der Waals surface area contributed by atoms with Gasteiger partial charge in [0.05, 0.1) is 4.47 Å². The molecule has 5 heteroatoms. The second-order valence-corrected chi connectivity index (χ2v) is 4.17. The van der Waals surface area contributed by atoms with Gasteiger partial charge in [0.15, 0.2) is 0 Å². The Balaban J connectivity index is 0.00000144. The van der Waals surface area contributed by atoms with E-state index in [1.807, 2.05) is 18.2 Å². The number of nitrogens with one attached hydrogen (secondary N) is 1. The zero-order valence-corrected chi connectivity index (χ0v) is 11.3. The molecule has 2 aromatic rings. The van der Waals surface area contributed by atoms with Crippen molar-refractivity contribution >= 4 is 34.2 Å². The van der Waals surface area contributed by atoms with Gasteiger partial charge in [0.2, 0.25) is 0 Å². The van der Waals surface area contributed by atoms with Crippen LogP contribution in [0.15, 0.2) is 47.1 Å². The van der Waals surface area contributed by atoms with Crippen molar-refractivity contribution in [1.82, 2.24) is 4.98 Å². The fourth-order valence-electron chi connectivity index (χ4n) is 1.31. The quantitative estimate of drug-likeness (QED) is 0.925. The molecule has 0 aliphatic carbocycles. The van der Waals surface area contributed by atoms with Crippen LogP contribution in [-0.4, -0.2) is 4.98 Å². The number of pyridine rings is 1. The maximum Gasteiger partial charge on any atom is 0.137 e. The van der Waals surface area contributed by atoms with Gasteiger partial charge in [0.1, 0.15) is 11.6 Å². The third-order valence-corrected chi connectivity index (χ3v) is 2.73. The Morgan fingerprint density at radius 1 is 1.24 bits per heavy atom. The van der Waals surface area contributed by atoms with Crippen LogP contribution in [0.5, 0.6) is 0 Å². The summed E-state index contributed by atoms with van der Waals surface area (Å²) in [4.78, 5) is 4.14. The van der Waals surface area contributed by atoms with Crippen molar-refractivity contribution < 1.29 is 4.39 Å². The molecule has 0 spiro atoms. The van der Waals surface area contributed by atoms with Crippen LogP contribution in [0, 0.1) is 5.82 Å². The van der Waals surface area contributed by atoms with Crippen LogP contribution in [0.1, 0.15) is 5.56 Å². The molecular formula is C12H11BrClFN2. The van der Waals surface area contributed by atoms with Crippen LogP contribution in [0.2, 0.25) is 0 Å². The van der Waals surface area contributed by atoms with Crippen LogP contribution >= 0.6 is 28.3 Å². The normalized spacial score (nSPS) is 9.53. The zero-order chi connectivity index (χ0) is 11.4. The lowest BCUT2D eigenvalue weighted by atomic mass is 10.2. The average Bonchev–Trinajstić information content (AvgIpc) is 2.32. The van der Waals surface area contributed by atoms with Gasteiger partial charge in [-0.1, -0.05) is 12.1 Å². The number of aromatic nitrogens is 1. The molecule has 1 heterocycles. The van der Waals surface area contributed by atoms with Gasteiger partial charge in [-0.2, -0.15) is 0 Å². The third-order valence-electron chi connectivity index (χ3n) is 2.12. The monoisotopic (exact) mass is 316 g/mol. The summed E-state index contributed by atoms with van der Waals surface area (Å²) in [5, 5.41) is 3.15. The van der Waals surface area contributed by atoms with Crippen LogP contribution < -0.4 is 5.32 Å². The minimum absolute atomic E-state index is 0. The fourth-order valence-corrected chi connectivity index (χ4v) is 1.74. The Kier molecular flexibility index (Phi) is 5.38. The molecule has 0 radical (unpaired) electrons. The first-order valence-electron chi connectivity index (χ1n) is 4.84. The molecule has 0 saturated heterocycles. The first-order valence-corrected chi connectivity index (χ1v) is 5.64. The highest BCUT2D eigenvalue weighted by molar-refractivity contribution is 9.10. The molecule has 2 rings (SSSR count). The summed E-state index contributed by atoms with van der Waals surface area (Å²) in [6.07, 6.45) is 1.73. The molecule has 1 aromatic carbocycles. The Bertz CT molecular complexity index is 479. The summed E-state index contributed by atoms with van der Waals surface area (Å²) in [6.45, 7) is 0.621. The molecule has 17 heavy (non-hydrogen) atoms. The molecule has 0 aliphatic rings. The van der Waals surface area contributed by atoms with E-state index in [4.69, 9.17) is 0 Å². The largest absolute Gasteiger partial charge is 0.366 e. The van der Waals surface area contributed by atoms with Gasteiger partial charge in [-0.3, -0.25) is 0 Å². The molecule has 2 nitrogen and oxygen atoms in total. The molecule has 1 aromatic heterocycles. The van der Waals surface area contributed by atoms with Crippen molar-refractivity contribution in [2.45, 2.75) is 6.54 Å². The summed E-state index contributed by atoms with van der Waals surface area (Å²) in [6, 6.07) is 10.6. The molecule has 0 saturated carbocycles. The van der Waals surface area contributed by atoms with Gasteiger partial charge in [-0.05, 0) is 45.8 Å². The first-order chi connectivity index (χ1) is 7.75. The van der Waals surface area contributed by atoms with E-state index in [2.05, 4.69) is 26.2 Å². The summed E-state index contributed by atoms with van der Waals surface area (Å²) in [5.74, 6) is 0.560. The number of hydrogen-bond donors (Lipinski definition) is 1. The van der Waals surface area contributed by atoms with Crippen molar-refractivity contribution in [3.63, 3.8) is 0 Å². The topological polar surface area (TPSA) is 24.9 Å². The van der Waals surface area contributed by atoms with Gasteiger partial charge >= 0.3 is 0 Å². The van der Waals surface area contributed by atoms with Gasteiger partial charge in [-0.25, -0.2) is 9.37 Å². The predicted octanol–water partition coefficient (Wildman–Crippen LogP) is 4.02. The zero-order valence-electron chi connectivity index (χ0n) is 8.86. The van der Waals surface area contributed by atoms with E-state index in [1.54, 1.807) is 18.3 Å². The second-order valence-electron chi connectivity index (χ2n) is 3.32. The summed E-state index contributed by atoms with van der Waals surface area (Å²) in [5.41, 5.74) is 0.999. The van der Waals surface area contributed by atoms with Gasteiger partial charge in [-0.15, -0.1) is 12.4 Å². The van der Waals surface area contributed by atoms with E-state index in [0.717, 1.165) is 11.4 Å². The highest BCUT2D eigenvalue weighted by atomic mass is 79.9. The number of anilines is 1. The van der Waals surface area contributed by atoms with Crippen molar-refractivity contribution in [1.29, 1.82) is 0 Å². The Morgan fingerprint density at radius 3 is 2.71 bits per heavy atom. The predicted molar refractivity (Wildman–Crippen MR) is 72.9 cm³/mol. The Hall–Kier alpha value is -1.13. The van der Waals surface area contributed by atoms with Crippen molar-refractivity contribution in [3.8, 4) is 0 Å². The SMILES string of the molecule is Cl.Fc1ccc(CNc2ccccn2)cc1Br. The van der Waals surface area contributed by atoms with E-state index in [0.29, 0.717) is 11.0 Å². The molecular weight excluding hydrogens is 307 g/mol. The summed E-state index contributed by atoms with van der Waals surface area (Å²) >= 11 is 3.15. The number of benzene rings is 1. The Morgan fingerprint density at radius 2 is 2.06 bits per heavy atom. The second kappa shape index (κ2) is 6.57. The smallest absolute Gasteiger partial charge is 0.137 e. The van der Waals surface area contributed by atoms with E-state index in [9.17, 15) is 4.39 Å². The summed E-state index contributed by atoms with van der Waals surface area (Å²) in [7, 11) is 0. The molecule has 0 amide bonds. The first kappa shape index (κ1) is 13.9. The van der Waals surface area contributed by atoms with Crippen molar-refractivity contribution in [2.75, 3.05) is 5.32 Å². The minimum Gasteiger partial charge on any atom is -0.366 e. The van der Waals surface area contributed by atoms with Crippen LogP contribution in [0.4, 0.5) is 10.2 Å². The number of rotatable bonds is 3. The molecule has 0 aliphatic heterocycles. The van der Waals surface area contributed by atoms with Crippen LogP contribution in [0.3, 0.4) is 0 Å². The maximum absolute atomic E-state index is 13.0. The lowest BCUT2D eigenvalue weighted by molar-refractivity contribution is 0.620. The average molecular weight is 318 g/mol. The Labute approximate surface area is 114 Å². The fraction of sp³-hybridized carbons (Fsp3) is 0.0833. The highest BCUT2D eigenvalue weighted by Crippen LogP contribution is 2.17. The standard InChI is InChI=1S/C12H10BrFN2.ClH/c13-10-7-9(4-5-11(10)14)8-16-12-3-1-2-6-15-12;/h1-7H,8H2,(H,15,16);1H. The molecule has 0 fully saturated rings. The van der Waals surface area contributed by atoms with E-state index in [1.165, 1.54) is 6.07 Å². The van der Waals surface area contributed by atoms with E-state index in [-0.39, 0.29) is 18.2 Å². The molecule has 0 unspecified atom stereocenters. The molecule has 0 bridgehead atoms. The lowest BCUT2D eigenvalue weighted by Crippen LogP contribution is -2.00. The molecule has 1 N–H and O–H groups in total. The van der Waals surface area contributed by atoms with Gasteiger partial charge < -0.3 is 5.32 Å². The van der Waals surface area contributed by atoms with Gasteiger partial charge in [0.25, 0.3) is 0 Å². The van der Waals surface area contributed by atoms with Crippen LogP contribution in [-0.2, 0) is 6.54 Å². The number of nitrogens with zero attached hydrogens (tertiary/aromatic N) is 1. The lowest BCUT2D eigenvalue weighted by Gasteiger charge is -2.05.